The summed E-state index contributed by atoms with van der Waals surface area (Å²) in [6.07, 6.45) is 2.25. The molecule has 3 heteroatoms. The molecule has 2 N–H and O–H groups in total. The molecule has 0 saturated carbocycles. The van der Waals surface area contributed by atoms with Crippen molar-refractivity contribution in [2.24, 2.45) is 23.0 Å². The van der Waals surface area contributed by atoms with E-state index in [4.69, 9.17) is 5.73 Å². The Balaban J connectivity index is 2.50. The van der Waals surface area contributed by atoms with E-state index in [0.717, 1.165) is 31.8 Å². The normalized spacial score (nSPS) is 22.4. The Hall–Kier alpha value is -0.570. The average Bonchev–Trinajstić information content (AvgIpc) is 2.26. The fourth-order valence-corrected chi connectivity index (χ4v) is 2.48. The molecule has 1 heterocycles. The highest BCUT2D eigenvalue weighted by molar-refractivity contribution is 5.79. The number of nitrogens with zero attached hydrogens (tertiary/aromatic N) is 1. The van der Waals surface area contributed by atoms with Gasteiger partial charge in [-0.25, -0.2) is 0 Å². The summed E-state index contributed by atoms with van der Waals surface area (Å²) in [4.78, 5) is 14.1. The number of piperidine rings is 1. The molecular weight excluding hydrogens is 212 g/mol. The van der Waals surface area contributed by atoms with Crippen LogP contribution < -0.4 is 5.73 Å². The SMILES string of the molecule is CC(N)C(C)C(=O)N1CCC(C(C)(C)C)CC1. The monoisotopic (exact) mass is 240 g/mol. The van der Waals surface area contributed by atoms with Gasteiger partial charge in [-0.15, -0.1) is 0 Å². The number of amides is 1. The van der Waals surface area contributed by atoms with Crippen molar-refractivity contribution >= 4 is 5.91 Å². The van der Waals surface area contributed by atoms with Crippen LogP contribution in [0.5, 0.6) is 0 Å². The first kappa shape index (κ1) is 14.5. The molecule has 100 valence electrons. The Morgan fingerprint density at radius 1 is 1.24 bits per heavy atom. The van der Waals surface area contributed by atoms with E-state index in [1.807, 2.05) is 18.7 Å². The maximum atomic E-state index is 12.1. The maximum Gasteiger partial charge on any atom is 0.226 e. The number of likely N-dealkylation sites (tertiary alicyclic amines) is 1. The molecule has 0 spiro atoms. The predicted molar refractivity (Wildman–Crippen MR) is 71.6 cm³/mol. The first-order valence-corrected chi connectivity index (χ1v) is 6.78. The van der Waals surface area contributed by atoms with Crippen LogP contribution in [0.1, 0.15) is 47.5 Å². The quantitative estimate of drug-likeness (QED) is 0.804. The third-order valence-corrected chi connectivity index (χ3v) is 4.21. The van der Waals surface area contributed by atoms with Crippen molar-refractivity contribution in [1.29, 1.82) is 0 Å². The molecule has 0 aromatic rings. The molecule has 2 atom stereocenters. The highest BCUT2D eigenvalue weighted by atomic mass is 16.2. The molecule has 0 aromatic carbocycles. The van der Waals surface area contributed by atoms with Gasteiger partial charge in [0.15, 0.2) is 0 Å². The summed E-state index contributed by atoms with van der Waals surface area (Å²) < 4.78 is 0. The first-order chi connectivity index (χ1) is 7.73. The highest BCUT2D eigenvalue weighted by Gasteiger charge is 2.32. The molecule has 17 heavy (non-hydrogen) atoms. The van der Waals surface area contributed by atoms with Gasteiger partial charge in [0.1, 0.15) is 0 Å². The Labute approximate surface area is 106 Å². The van der Waals surface area contributed by atoms with E-state index in [1.165, 1.54) is 0 Å². The largest absolute Gasteiger partial charge is 0.342 e. The highest BCUT2D eigenvalue weighted by Crippen LogP contribution is 2.34. The molecule has 3 nitrogen and oxygen atoms in total. The van der Waals surface area contributed by atoms with Gasteiger partial charge in [0.05, 0.1) is 5.92 Å². The smallest absolute Gasteiger partial charge is 0.226 e. The second-order valence-corrected chi connectivity index (χ2v) is 6.61. The zero-order valence-corrected chi connectivity index (χ0v) is 12.0. The van der Waals surface area contributed by atoms with E-state index in [0.29, 0.717) is 5.41 Å². The number of carbonyl (C=O) groups excluding carboxylic acids is 1. The molecule has 0 aromatic heterocycles. The minimum absolute atomic E-state index is 0.0529. The zero-order valence-electron chi connectivity index (χ0n) is 12.0. The van der Waals surface area contributed by atoms with Gasteiger partial charge in [0, 0.05) is 19.1 Å². The van der Waals surface area contributed by atoms with Gasteiger partial charge < -0.3 is 10.6 Å². The van der Waals surface area contributed by atoms with Crippen LogP contribution in [0.3, 0.4) is 0 Å². The molecule has 0 radical (unpaired) electrons. The van der Waals surface area contributed by atoms with Crippen molar-refractivity contribution in [3.05, 3.63) is 0 Å². The molecule has 1 rings (SSSR count). The van der Waals surface area contributed by atoms with Gasteiger partial charge in [-0.05, 0) is 31.1 Å². The molecular formula is C14H28N2O. The number of rotatable bonds is 2. The minimum Gasteiger partial charge on any atom is -0.342 e. The summed E-state index contributed by atoms with van der Waals surface area (Å²) >= 11 is 0. The summed E-state index contributed by atoms with van der Waals surface area (Å²) in [5, 5.41) is 0. The lowest BCUT2D eigenvalue weighted by Crippen LogP contribution is -2.46. The second kappa shape index (κ2) is 5.38. The molecule has 0 bridgehead atoms. The van der Waals surface area contributed by atoms with E-state index >= 15 is 0 Å². The van der Waals surface area contributed by atoms with Gasteiger partial charge in [-0.1, -0.05) is 27.7 Å². The van der Waals surface area contributed by atoms with Crippen molar-refractivity contribution in [2.45, 2.75) is 53.5 Å². The lowest BCUT2D eigenvalue weighted by atomic mass is 9.75. The van der Waals surface area contributed by atoms with Gasteiger partial charge in [-0.3, -0.25) is 4.79 Å². The molecule has 1 amide bonds. The summed E-state index contributed by atoms with van der Waals surface area (Å²) in [6, 6.07) is -0.0529. The fourth-order valence-electron chi connectivity index (χ4n) is 2.48. The molecule has 2 unspecified atom stereocenters. The third kappa shape index (κ3) is 3.70. The lowest BCUT2D eigenvalue weighted by molar-refractivity contribution is -0.137. The van der Waals surface area contributed by atoms with E-state index in [1.54, 1.807) is 0 Å². The summed E-state index contributed by atoms with van der Waals surface area (Å²) in [5.74, 6) is 0.908. The zero-order chi connectivity index (χ0) is 13.2. The van der Waals surface area contributed by atoms with Crippen molar-refractivity contribution < 1.29 is 4.79 Å². The van der Waals surface area contributed by atoms with Crippen LogP contribution in [-0.4, -0.2) is 29.9 Å². The molecule has 0 aliphatic carbocycles. The summed E-state index contributed by atoms with van der Waals surface area (Å²) in [7, 11) is 0. The lowest BCUT2D eigenvalue weighted by Gasteiger charge is -2.39. The van der Waals surface area contributed by atoms with E-state index in [9.17, 15) is 4.79 Å². The van der Waals surface area contributed by atoms with Gasteiger partial charge in [0.2, 0.25) is 5.91 Å². The van der Waals surface area contributed by atoms with Crippen molar-refractivity contribution in [1.82, 2.24) is 4.90 Å². The van der Waals surface area contributed by atoms with Crippen LogP contribution in [0, 0.1) is 17.3 Å². The van der Waals surface area contributed by atoms with Crippen molar-refractivity contribution in [3.63, 3.8) is 0 Å². The van der Waals surface area contributed by atoms with Gasteiger partial charge >= 0.3 is 0 Å². The van der Waals surface area contributed by atoms with E-state index in [2.05, 4.69) is 20.8 Å². The Bertz CT molecular complexity index is 260. The standard InChI is InChI=1S/C14H28N2O/c1-10(11(2)15)13(17)16-8-6-12(7-9-16)14(3,4)5/h10-12H,6-9,15H2,1-5H3. The van der Waals surface area contributed by atoms with Crippen molar-refractivity contribution in [2.75, 3.05) is 13.1 Å². The topological polar surface area (TPSA) is 46.3 Å². The Morgan fingerprint density at radius 3 is 2.06 bits per heavy atom. The van der Waals surface area contributed by atoms with Crippen LogP contribution in [0.15, 0.2) is 0 Å². The third-order valence-electron chi connectivity index (χ3n) is 4.21. The molecule has 1 aliphatic heterocycles. The fraction of sp³-hybridized carbons (Fsp3) is 0.929. The molecule has 1 aliphatic rings. The summed E-state index contributed by atoms with van der Waals surface area (Å²) in [6.45, 7) is 12.5. The number of hydrogen-bond donors (Lipinski definition) is 1. The van der Waals surface area contributed by atoms with Crippen LogP contribution in [0.25, 0.3) is 0 Å². The van der Waals surface area contributed by atoms with E-state index < -0.39 is 0 Å². The summed E-state index contributed by atoms with van der Waals surface area (Å²) in [5.41, 5.74) is 6.16. The number of carbonyl (C=O) groups is 1. The Morgan fingerprint density at radius 2 is 1.71 bits per heavy atom. The van der Waals surface area contributed by atoms with Gasteiger partial charge in [-0.2, -0.15) is 0 Å². The molecule has 1 saturated heterocycles. The minimum atomic E-state index is -0.0545. The van der Waals surface area contributed by atoms with E-state index in [-0.39, 0.29) is 17.9 Å². The van der Waals surface area contributed by atoms with Crippen LogP contribution in [0.4, 0.5) is 0 Å². The maximum absolute atomic E-state index is 12.1. The molecule has 1 fully saturated rings. The van der Waals surface area contributed by atoms with Gasteiger partial charge in [0.25, 0.3) is 0 Å². The van der Waals surface area contributed by atoms with Crippen molar-refractivity contribution in [3.8, 4) is 0 Å². The number of nitrogens with two attached hydrogens (primary N) is 1. The predicted octanol–water partition coefficient (Wildman–Crippen LogP) is 2.25. The average molecular weight is 240 g/mol. The second-order valence-electron chi connectivity index (χ2n) is 6.61. The van der Waals surface area contributed by atoms with Crippen LogP contribution in [0.2, 0.25) is 0 Å². The first-order valence-electron chi connectivity index (χ1n) is 6.78. The Kier molecular flexibility index (Phi) is 4.59. The van der Waals surface area contributed by atoms with Crippen LogP contribution in [-0.2, 0) is 4.79 Å². The van der Waals surface area contributed by atoms with Crippen LogP contribution >= 0.6 is 0 Å². The number of hydrogen-bond acceptors (Lipinski definition) is 2.